The number of hydrogen-bond acceptors (Lipinski definition) is 5. The van der Waals surface area contributed by atoms with E-state index in [0.717, 1.165) is 24.8 Å². The second-order valence-electron chi connectivity index (χ2n) is 11.6. The highest BCUT2D eigenvalue weighted by Crippen LogP contribution is 2.27. The summed E-state index contributed by atoms with van der Waals surface area (Å²) in [5.74, 6) is 0.148. The molecule has 2 rings (SSSR count). The summed E-state index contributed by atoms with van der Waals surface area (Å²) in [5, 5.41) is 5.78. The molecule has 40 heavy (non-hydrogen) atoms. The molecule has 0 aliphatic carbocycles. The highest BCUT2D eigenvalue weighted by molar-refractivity contribution is 5.99. The molecule has 0 fully saturated rings. The molecule has 2 N–H and O–H groups in total. The monoisotopic (exact) mass is 553 g/mol. The molecule has 3 amide bonds. The van der Waals surface area contributed by atoms with E-state index in [2.05, 4.69) is 17.6 Å². The van der Waals surface area contributed by atoms with Crippen LogP contribution in [0.25, 0.3) is 0 Å². The van der Waals surface area contributed by atoms with Crippen LogP contribution in [0.3, 0.4) is 0 Å². The standard InChI is InChI=1S/C32H47N3O5/c1-9-10-11-19-35(30(37)27(20-22(2)3)34-31(38)40-32(5,6)7)28(24-14-12-13-23(4)21-24)29(36)33-25-15-17-26(39-8)18-16-25/h12-18,21-22,27-28H,9-11,19-20H2,1-8H3,(H,33,36)(H,34,38). The lowest BCUT2D eigenvalue weighted by molar-refractivity contribution is -0.141. The van der Waals surface area contributed by atoms with Gasteiger partial charge in [-0.25, -0.2) is 4.79 Å². The number of carbonyl (C=O) groups excluding carboxylic acids is 3. The van der Waals surface area contributed by atoms with E-state index >= 15 is 0 Å². The summed E-state index contributed by atoms with van der Waals surface area (Å²) < 4.78 is 10.7. The Balaban J connectivity index is 2.52. The lowest BCUT2D eigenvalue weighted by atomic mass is 9.98. The fourth-order valence-corrected chi connectivity index (χ4v) is 4.44. The Kier molecular flexibility index (Phi) is 12.5. The van der Waals surface area contributed by atoms with E-state index in [-0.39, 0.29) is 17.7 Å². The molecule has 0 aromatic heterocycles. The number of alkyl carbamates (subject to hydrolysis) is 1. The third-order valence-electron chi connectivity index (χ3n) is 6.26. The number of unbranched alkanes of at least 4 members (excludes halogenated alkanes) is 2. The van der Waals surface area contributed by atoms with E-state index in [1.807, 2.05) is 45.0 Å². The molecule has 8 heteroatoms. The molecule has 220 valence electrons. The minimum atomic E-state index is -0.901. The lowest BCUT2D eigenvalue weighted by Gasteiger charge is -2.35. The number of methoxy groups -OCH3 is 1. The number of aryl methyl sites for hydroxylation is 1. The van der Waals surface area contributed by atoms with Gasteiger partial charge in [0.15, 0.2) is 0 Å². The van der Waals surface area contributed by atoms with Gasteiger partial charge in [0.2, 0.25) is 5.91 Å². The van der Waals surface area contributed by atoms with Gasteiger partial charge in [0.1, 0.15) is 23.4 Å². The van der Waals surface area contributed by atoms with Gasteiger partial charge in [0.05, 0.1) is 7.11 Å². The van der Waals surface area contributed by atoms with Crippen molar-refractivity contribution in [2.24, 2.45) is 5.92 Å². The second-order valence-corrected chi connectivity index (χ2v) is 11.6. The number of rotatable bonds is 13. The van der Waals surface area contributed by atoms with Crippen molar-refractivity contribution in [3.63, 3.8) is 0 Å². The van der Waals surface area contributed by atoms with Crippen LogP contribution in [0.5, 0.6) is 5.75 Å². The molecule has 2 aromatic carbocycles. The molecular formula is C32H47N3O5. The van der Waals surface area contributed by atoms with Crippen LogP contribution in [-0.4, -0.2) is 48.1 Å². The summed E-state index contributed by atoms with van der Waals surface area (Å²) in [6, 6.07) is 12.9. The van der Waals surface area contributed by atoms with Crippen molar-refractivity contribution < 1.29 is 23.9 Å². The van der Waals surface area contributed by atoms with Crippen LogP contribution in [0.15, 0.2) is 48.5 Å². The Morgan fingerprint density at radius 1 is 1.00 bits per heavy atom. The number of anilines is 1. The molecule has 0 aliphatic heterocycles. The lowest BCUT2D eigenvalue weighted by Crippen LogP contribution is -2.53. The predicted octanol–water partition coefficient (Wildman–Crippen LogP) is 6.64. The number of hydrogen-bond donors (Lipinski definition) is 2. The van der Waals surface area contributed by atoms with Crippen molar-refractivity contribution in [2.45, 2.75) is 91.8 Å². The van der Waals surface area contributed by atoms with E-state index < -0.39 is 23.8 Å². The van der Waals surface area contributed by atoms with Gasteiger partial charge >= 0.3 is 6.09 Å². The van der Waals surface area contributed by atoms with Crippen molar-refractivity contribution in [3.05, 3.63) is 59.7 Å². The zero-order valence-electron chi connectivity index (χ0n) is 25.4. The predicted molar refractivity (Wildman–Crippen MR) is 159 cm³/mol. The Morgan fingerprint density at radius 2 is 1.68 bits per heavy atom. The van der Waals surface area contributed by atoms with Crippen LogP contribution in [0.4, 0.5) is 10.5 Å². The molecule has 2 atom stereocenters. The van der Waals surface area contributed by atoms with Crippen LogP contribution in [-0.2, 0) is 14.3 Å². The first-order chi connectivity index (χ1) is 18.8. The zero-order chi connectivity index (χ0) is 29.9. The van der Waals surface area contributed by atoms with Crippen molar-refractivity contribution in [1.29, 1.82) is 0 Å². The summed E-state index contributed by atoms with van der Waals surface area (Å²) in [5.41, 5.74) is 1.57. The average molecular weight is 554 g/mol. The van der Waals surface area contributed by atoms with Crippen LogP contribution in [0.1, 0.15) is 84.4 Å². The van der Waals surface area contributed by atoms with E-state index in [4.69, 9.17) is 9.47 Å². The maximum atomic E-state index is 14.3. The SMILES string of the molecule is CCCCCN(C(=O)C(CC(C)C)NC(=O)OC(C)(C)C)C(C(=O)Nc1ccc(OC)cc1)c1cccc(C)c1. The molecule has 0 saturated heterocycles. The largest absolute Gasteiger partial charge is 0.497 e. The topological polar surface area (TPSA) is 97.0 Å². The van der Waals surface area contributed by atoms with Crippen LogP contribution >= 0.6 is 0 Å². The quantitative estimate of drug-likeness (QED) is 0.271. The highest BCUT2D eigenvalue weighted by atomic mass is 16.6. The van der Waals surface area contributed by atoms with E-state index in [9.17, 15) is 14.4 Å². The molecular weight excluding hydrogens is 506 g/mol. The first-order valence-corrected chi connectivity index (χ1v) is 14.2. The highest BCUT2D eigenvalue weighted by Gasteiger charge is 2.36. The van der Waals surface area contributed by atoms with E-state index in [1.54, 1.807) is 57.0 Å². The number of amides is 3. The second kappa shape index (κ2) is 15.3. The number of benzene rings is 2. The molecule has 0 spiro atoms. The van der Waals surface area contributed by atoms with Crippen LogP contribution < -0.4 is 15.4 Å². The normalized spacial score (nSPS) is 12.8. The minimum absolute atomic E-state index is 0.118. The summed E-state index contributed by atoms with van der Waals surface area (Å²) in [6.07, 6.45) is 2.33. The number of carbonyl (C=O) groups is 3. The van der Waals surface area contributed by atoms with Gasteiger partial charge in [-0.15, -0.1) is 0 Å². The summed E-state index contributed by atoms with van der Waals surface area (Å²) >= 11 is 0. The van der Waals surface area contributed by atoms with Gasteiger partial charge in [0, 0.05) is 12.2 Å². The molecule has 2 aromatic rings. The van der Waals surface area contributed by atoms with Gasteiger partial charge < -0.3 is 25.0 Å². The van der Waals surface area contributed by atoms with Gasteiger partial charge in [0.25, 0.3) is 5.91 Å². The molecule has 0 heterocycles. The average Bonchev–Trinajstić information content (AvgIpc) is 2.86. The smallest absolute Gasteiger partial charge is 0.408 e. The third-order valence-corrected chi connectivity index (χ3v) is 6.26. The summed E-state index contributed by atoms with van der Waals surface area (Å²) in [6.45, 7) is 13.7. The van der Waals surface area contributed by atoms with Crippen molar-refractivity contribution in [2.75, 3.05) is 19.0 Å². The van der Waals surface area contributed by atoms with Crippen molar-refractivity contribution >= 4 is 23.6 Å². The first-order valence-electron chi connectivity index (χ1n) is 14.2. The Morgan fingerprint density at radius 3 is 2.23 bits per heavy atom. The Bertz CT molecular complexity index is 1110. The first kappa shape index (κ1) is 32.7. The fourth-order valence-electron chi connectivity index (χ4n) is 4.44. The molecule has 0 aliphatic rings. The third kappa shape index (κ3) is 10.5. The number of nitrogens with one attached hydrogen (secondary N) is 2. The zero-order valence-corrected chi connectivity index (χ0v) is 25.4. The van der Waals surface area contributed by atoms with Crippen molar-refractivity contribution in [1.82, 2.24) is 10.2 Å². The van der Waals surface area contributed by atoms with E-state index in [0.29, 0.717) is 30.0 Å². The summed E-state index contributed by atoms with van der Waals surface area (Å²) in [7, 11) is 1.58. The molecule has 2 unspecified atom stereocenters. The summed E-state index contributed by atoms with van der Waals surface area (Å²) in [4.78, 5) is 42.6. The Hall–Kier alpha value is -3.55. The maximum Gasteiger partial charge on any atom is 0.408 e. The van der Waals surface area contributed by atoms with Gasteiger partial charge in [-0.05, 0) is 76.3 Å². The van der Waals surface area contributed by atoms with Crippen LogP contribution in [0.2, 0.25) is 0 Å². The number of ether oxygens (including phenoxy) is 2. The van der Waals surface area contributed by atoms with Gasteiger partial charge in [-0.1, -0.05) is 63.4 Å². The molecule has 0 bridgehead atoms. The Labute approximate surface area is 239 Å². The maximum absolute atomic E-state index is 14.3. The fraction of sp³-hybridized carbons (Fsp3) is 0.531. The van der Waals surface area contributed by atoms with Gasteiger partial charge in [-0.2, -0.15) is 0 Å². The molecule has 0 radical (unpaired) electrons. The van der Waals surface area contributed by atoms with E-state index in [1.165, 1.54) is 0 Å². The molecule has 8 nitrogen and oxygen atoms in total. The minimum Gasteiger partial charge on any atom is -0.497 e. The number of nitrogens with zero attached hydrogens (tertiary/aromatic N) is 1. The molecule has 0 saturated carbocycles. The van der Waals surface area contributed by atoms with Crippen molar-refractivity contribution in [3.8, 4) is 5.75 Å². The van der Waals surface area contributed by atoms with Crippen LogP contribution in [0, 0.1) is 12.8 Å². The van der Waals surface area contributed by atoms with Gasteiger partial charge in [-0.3, -0.25) is 9.59 Å².